The van der Waals surface area contributed by atoms with Crippen molar-refractivity contribution in [1.29, 1.82) is 0 Å². The van der Waals surface area contributed by atoms with Crippen LogP contribution in [0.2, 0.25) is 15.1 Å². The first-order chi connectivity index (χ1) is 9.47. The maximum atomic E-state index is 6.11. The Hall–Kier alpha value is -0.520. The SMILES string of the molecule is S=C(Nc1ccc(Br)cc1Cl)Nc1cccc(Cl)c1Cl. The molecule has 2 aromatic carbocycles. The topological polar surface area (TPSA) is 24.1 Å². The molecule has 7 heteroatoms. The van der Waals surface area contributed by atoms with E-state index in [2.05, 4.69) is 26.6 Å². The Balaban J connectivity index is 2.11. The molecule has 0 spiro atoms. The maximum absolute atomic E-state index is 6.11. The molecular weight excluding hydrogens is 402 g/mol. The summed E-state index contributed by atoms with van der Waals surface area (Å²) in [5, 5.41) is 7.78. The highest BCUT2D eigenvalue weighted by Crippen LogP contribution is 2.30. The van der Waals surface area contributed by atoms with Gasteiger partial charge in [0.15, 0.2) is 5.11 Å². The van der Waals surface area contributed by atoms with Crippen molar-refractivity contribution in [3.8, 4) is 0 Å². The van der Waals surface area contributed by atoms with Gasteiger partial charge in [-0.25, -0.2) is 0 Å². The van der Waals surface area contributed by atoms with E-state index in [4.69, 9.17) is 47.0 Å². The molecule has 0 unspecified atom stereocenters. The van der Waals surface area contributed by atoms with Crippen molar-refractivity contribution >= 4 is 79.4 Å². The summed E-state index contributed by atoms with van der Waals surface area (Å²) in [5.74, 6) is 0. The largest absolute Gasteiger partial charge is 0.331 e. The van der Waals surface area contributed by atoms with Crippen LogP contribution in [0.15, 0.2) is 40.9 Å². The number of rotatable bonds is 2. The highest BCUT2D eigenvalue weighted by molar-refractivity contribution is 9.10. The Morgan fingerprint density at radius 2 is 1.65 bits per heavy atom. The molecule has 0 aliphatic rings. The molecule has 2 rings (SSSR count). The van der Waals surface area contributed by atoms with Crippen LogP contribution in [0.1, 0.15) is 0 Å². The second-order valence-electron chi connectivity index (χ2n) is 3.80. The monoisotopic (exact) mass is 408 g/mol. The Bertz CT molecular complexity index is 664. The van der Waals surface area contributed by atoms with Gasteiger partial charge in [0.2, 0.25) is 0 Å². The van der Waals surface area contributed by atoms with Gasteiger partial charge in [0, 0.05) is 4.47 Å². The number of anilines is 2. The summed E-state index contributed by atoms with van der Waals surface area (Å²) in [4.78, 5) is 0. The molecule has 0 fully saturated rings. The molecule has 0 saturated carbocycles. The molecule has 0 bridgehead atoms. The first-order valence-electron chi connectivity index (χ1n) is 5.44. The summed E-state index contributed by atoms with van der Waals surface area (Å²) >= 11 is 26.7. The summed E-state index contributed by atoms with van der Waals surface area (Å²) in [6.07, 6.45) is 0. The summed E-state index contributed by atoms with van der Waals surface area (Å²) in [6, 6.07) is 10.7. The van der Waals surface area contributed by atoms with Crippen molar-refractivity contribution in [1.82, 2.24) is 0 Å². The minimum Gasteiger partial charge on any atom is -0.331 e. The van der Waals surface area contributed by atoms with Gasteiger partial charge in [-0.1, -0.05) is 56.8 Å². The predicted octanol–water partition coefficient (Wildman–Crippen LogP) is 6.22. The van der Waals surface area contributed by atoms with Gasteiger partial charge in [0.05, 0.1) is 26.4 Å². The zero-order chi connectivity index (χ0) is 14.7. The number of halogens is 4. The molecule has 0 heterocycles. The van der Waals surface area contributed by atoms with E-state index in [0.29, 0.717) is 31.6 Å². The molecule has 0 aliphatic carbocycles. The smallest absolute Gasteiger partial charge is 0.175 e. The second-order valence-corrected chi connectivity index (χ2v) is 6.32. The van der Waals surface area contributed by atoms with Crippen LogP contribution >= 0.6 is 63.0 Å². The van der Waals surface area contributed by atoms with E-state index in [0.717, 1.165) is 4.47 Å². The van der Waals surface area contributed by atoms with Gasteiger partial charge in [0.1, 0.15) is 0 Å². The number of nitrogens with one attached hydrogen (secondary N) is 2. The van der Waals surface area contributed by atoms with Gasteiger partial charge in [-0.2, -0.15) is 0 Å². The number of hydrogen-bond acceptors (Lipinski definition) is 1. The van der Waals surface area contributed by atoms with Crippen LogP contribution in [0, 0.1) is 0 Å². The summed E-state index contributed by atoms with van der Waals surface area (Å²) < 4.78 is 0.893. The fourth-order valence-electron chi connectivity index (χ4n) is 1.47. The third-order valence-electron chi connectivity index (χ3n) is 2.38. The van der Waals surface area contributed by atoms with Crippen molar-refractivity contribution in [2.75, 3.05) is 10.6 Å². The van der Waals surface area contributed by atoms with Crippen LogP contribution in [0.4, 0.5) is 11.4 Å². The zero-order valence-electron chi connectivity index (χ0n) is 9.88. The molecule has 0 atom stereocenters. The van der Waals surface area contributed by atoms with E-state index in [1.807, 2.05) is 12.1 Å². The molecule has 2 aromatic rings. The quantitative estimate of drug-likeness (QED) is 0.575. The van der Waals surface area contributed by atoms with E-state index >= 15 is 0 Å². The molecule has 0 saturated heterocycles. The second kappa shape index (κ2) is 6.96. The lowest BCUT2D eigenvalue weighted by atomic mass is 10.3. The fraction of sp³-hybridized carbons (Fsp3) is 0. The highest BCUT2D eigenvalue weighted by Gasteiger charge is 2.07. The van der Waals surface area contributed by atoms with E-state index in [1.54, 1.807) is 24.3 Å². The minimum atomic E-state index is 0.374. The zero-order valence-corrected chi connectivity index (χ0v) is 14.6. The van der Waals surface area contributed by atoms with Crippen molar-refractivity contribution in [3.63, 3.8) is 0 Å². The Kier molecular flexibility index (Phi) is 5.52. The Morgan fingerprint density at radius 1 is 0.950 bits per heavy atom. The summed E-state index contributed by atoms with van der Waals surface area (Å²) in [5.41, 5.74) is 1.33. The van der Waals surface area contributed by atoms with Crippen molar-refractivity contribution in [2.24, 2.45) is 0 Å². The van der Waals surface area contributed by atoms with Gasteiger partial charge < -0.3 is 10.6 Å². The molecule has 0 aromatic heterocycles. The molecule has 2 N–H and O–H groups in total. The standard InChI is InChI=1S/C13H8BrCl3N2S/c14-7-4-5-10(9(16)6-7)18-13(20)19-11-3-1-2-8(15)12(11)17/h1-6H,(H2,18,19,20). The lowest BCUT2D eigenvalue weighted by molar-refractivity contribution is 1.58. The van der Waals surface area contributed by atoms with Crippen LogP contribution in [0.3, 0.4) is 0 Å². The van der Waals surface area contributed by atoms with E-state index < -0.39 is 0 Å². The normalized spacial score (nSPS) is 10.2. The van der Waals surface area contributed by atoms with E-state index in [9.17, 15) is 0 Å². The maximum Gasteiger partial charge on any atom is 0.175 e. The van der Waals surface area contributed by atoms with Gasteiger partial charge in [-0.15, -0.1) is 0 Å². The molecule has 0 amide bonds. The van der Waals surface area contributed by atoms with Crippen LogP contribution < -0.4 is 10.6 Å². The van der Waals surface area contributed by atoms with Crippen LogP contribution in [0.25, 0.3) is 0 Å². The molecule has 20 heavy (non-hydrogen) atoms. The predicted molar refractivity (Wildman–Crippen MR) is 95.5 cm³/mol. The van der Waals surface area contributed by atoms with E-state index in [-0.39, 0.29) is 0 Å². The molecule has 0 aliphatic heterocycles. The van der Waals surface area contributed by atoms with Crippen LogP contribution in [-0.2, 0) is 0 Å². The van der Waals surface area contributed by atoms with Crippen LogP contribution in [-0.4, -0.2) is 5.11 Å². The van der Waals surface area contributed by atoms with Crippen LogP contribution in [0.5, 0.6) is 0 Å². The van der Waals surface area contributed by atoms with Crippen molar-refractivity contribution in [2.45, 2.75) is 0 Å². The van der Waals surface area contributed by atoms with Crippen molar-refractivity contribution in [3.05, 3.63) is 55.9 Å². The average Bonchev–Trinajstić information content (AvgIpc) is 2.38. The minimum absolute atomic E-state index is 0.374. The summed E-state index contributed by atoms with van der Waals surface area (Å²) in [7, 11) is 0. The van der Waals surface area contributed by atoms with Crippen molar-refractivity contribution < 1.29 is 0 Å². The molecular formula is C13H8BrCl3N2S. The van der Waals surface area contributed by atoms with Gasteiger partial charge in [-0.05, 0) is 42.5 Å². The number of hydrogen-bond donors (Lipinski definition) is 2. The fourth-order valence-corrected chi connectivity index (χ4v) is 2.76. The summed E-state index contributed by atoms with van der Waals surface area (Å²) in [6.45, 7) is 0. The van der Waals surface area contributed by atoms with E-state index in [1.165, 1.54) is 0 Å². The lowest BCUT2D eigenvalue weighted by Gasteiger charge is -2.13. The number of thiocarbonyl (C=S) groups is 1. The first-order valence-corrected chi connectivity index (χ1v) is 7.78. The van der Waals surface area contributed by atoms with Gasteiger partial charge in [0.25, 0.3) is 0 Å². The van der Waals surface area contributed by atoms with Gasteiger partial charge in [-0.3, -0.25) is 0 Å². The number of benzene rings is 2. The first kappa shape index (κ1) is 15.9. The Labute approximate surface area is 145 Å². The third-order valence-corrected chi connectivity index (χ3v) is 4.21. The average molecular weight is 411 g/mol. The third kappa shape index (κ3) is 3.99. The molecule has 0 radical (unpaired) electrons. The molecule has 104 valence electrons. The Morgan fingerprint density at radius 3 is 2.35 bits per heavy atom. The highest BCUT2D eigenvalue weighted by atomic mass is 79.9. The lowest BCUT2D eigenvalue weighted by Crippen LogP contribution is -2.19. The van der Waals surface area contributed by atoms with Gasteiger partial charge >= 0.3 is 0 Å². The molecule has 2 nitrogen and oxygen atoms in total.